The molecule has 1 atom stereocenters. The van der Waals surface area contributed by atoms with Gasteiger partial charge in [-0.05, 0) is 30.2 Å². The highest BCUT2D eigenvalue weighted by atomic mass is 16.3. The number of benzene rings is 2. The Kier molecular flexibility index (Phi) is 4.55. The fraction of sp³-hybridized carbons (Fsp3) is 0.174. The van der Waals surface area contributed by atoms with Crippen molar-refractivity contribution in [3.63, 3.8) is 0 Å². The van der Waals surface area contributed by atoms with Crippen molar-refractivity contribution in [2.24, 2.45) is 0 Å². The molecule has 0 spiro atoms. The highest BCUT2D eigenvalue weighted by Gasteiger charge is 2.24. The maximum Gasteiger partial charge on any atom is 0.137 e. The molecule has 0 aliphatic carbocycles. The standard InChI is InChI=1S/C23H22N2O/c1-2-10-20(26)23-22(17-11-4-3-5-12-17)18-13-6-7-14-19(18)25(23)21-15-8-9-16-24-21/h3-9,11-16,20,26H,2,10H2,1H3. The first-order valence-electron chi connectivity index (χ1n) is 9.09. The first-order chi connectivity index (χ1) is 12.8. The Morgan fingerprint density at radius 2 is 1.65 bits per heavy atom. The summed E-state index contributed by atoms with van der Waals surface area (Å²) in [7, 11) is 0. The summed E-state index contributed by atoms with van der Waals surface area (Å²) in [5.74, 6) is 0.830. The third kappa shape index (κ3) is 2.80. The molecule has 2 heterocycles. The summed E-state index contributed by atoms with van der Waals surface area (Å²) in [4.78, 5) is 4.56. The molecule has 0 bridgehead atoms. The van der Waals surface area contributed by atoms with E-state index in [1.807, 2.05) is 48.5 Å². The van der Waals surface area contributed by atoms with Crippen LogP contribution in [0.15, 0.2) is 79.0 Å². The van der Waals surface area contributed by atoms with Gasteiger partial charge in [-0.25, -0.2) is 4.98 Å². The fourth-order valence-corrected chi connectivity index (χ4v) is 3.63. The van der Waals surface area contributed by atoms with Gasteiger partial charge in [-0.2, -0.15) is 0 Å². The topological polar surface area (TPSA) is 38.0 Å². The molecule has 4 aromatic rings. The molecule has 0 radical (unpaired) electrons. The second-order valence-corrected chi connectivity index (χ2v) is 6.47. The van der Waals surface area contributed by atoms with E-state index in [1.54, 1.807) is 6.20 Å². The van der Waals surface area contributed by atoms with E-state index in [0.29, 0.717) is 6.42 Å². The zero-order chi connectivity index (χ0) is 17.9. The largest absolute Gasteiger partial charge is 0.387 e. The minimum Gasteiger partial charge on any atom is -0.387 e. The molecular weight excluding hydrogens is 320 g/mol. The van der Waals surface area contributed by atoms with Gasteiger partial charge in [-0.3, -0.25) is 4.57 Å². The van der Waals surface area contributed by atoms with Gasteiger partial charge in [-0.1, -0.05) is 67.9 Å². The van der Waals surface area contributed by atoms with Crippen LogP contribution in [0.2, 0.25) is 0 Å². The predicted molar refractivity (Wildman–Crippen MR) is 106 cm³/mol. The van der Waals surface area contributed by atoms with Crippen molar-refractivity contribution in [3.8, 4) is 16.9 Å². The number of para-hydroxylation sites is 1. The molecule has 3 nitrogen and oxygen atoms in total. The lowest BCUT2D eigenvalue weighted by atomic mass is 9.98. The van der Waals surface area contributed by atoms with Gasteiger partial charge in [0.1, 0.15) is 5.82 Å². The number of hydrogen-bond acceptors (Lipinski definition) is 2. The molecule has 2 aromatic carbocycles. The molecular formula is C23H22N2O. The normalized spacial score (nSPS) is 12.4. The van der Waals surface area contributed by atoms with Gasteiger partial charge in [0.25, 0.3) is 0 Å². The lowest BCUT2D eigenvalue weighted by Crippen LogP contribution is -2.08. The van der Waals surface area contributed by atoms with Crippen LogP contribution in [-0.2, 0) is 0 Å². The average molecular weight is 342 g/mol. The van der Waals surface area contributed by atoms with E-state index in [1.165, 1.54) is 0 Å². The lowest BCUT2D eigenvalue weighted by molar-refractivity contribution is 0.161. The van der Waals surface area contributed by atoms with Crippen LogP contribution in [0.1, 0.15) is 31.6 Å². The predicted octanol–water partition coefficient (Wildman–Crippen LogP) is 5.53. The molecule has 130 valence electrons. The van der Waals surface area contributed by atoms with Crippen LogP contribution in [0.3, 0.4) is 0 Å². The number of nitrogens with zero attached hydrogens (tertiary/aromatic N) is 2. The Morgan fingerprint density at radius 1 is 0.923 bits per heavy atom. The Balaban J connectivity index is 2.11. The summed E-state index contributed by atoms with van der Waals surface area (Å²) in [5.41, 5.74) is 4.18. The Hall–Kier alpha value is -2.91. The monoisotopic (exact) mass is 342 g/mol. The molecule has 0 saturated heterocycles. The maximum absolute atomic E-state index is 11.1. The lowest BCUT2D eigenvalue weighted by Gasteiger charge is -2.17. The van der Waals surface area contributed by atoms with Crippen molar-refractivity contribution in [3.05, 3.63) is 84.7 Å². The summed E-state index contributed by atoms with van der Waals surface area (Å²) < 4.78 is 2.11. The molecule has 0 aliphatic heterocycles. The zero-order valence-electron chi connectivity index (χ0n) is 14.8. The number of rotatable bonds is 5. The van der Waals surface area contributed by atoms with Crippen LogP contribution >= 0.6 is 0 Å². The van der Waals surface area contributed by atoms with Gasteiger partial charge in [0.2, 0.25) is 0 Å². The van der Waals surface area contributed by atoms with Gasteiger partial charge in [0.05, 0.1) is 17.3 Å². The first kappa shape index (κ1) is 16.6. The van der Waals surface area contributed by atoms with E-state index < -0.39 is 6.10 Å². The molecule has 3 heteroatoms. The van der Waals surface area contributed by atoms with Crippen molar-refractivity contribution in [2.45, 2.75) is 25.9 Å². The molecule has 1 N–H and O–H groups in total. The van der Waals surface area contributed by atoms with Gasteiger partial charge < -0.3 is 5.11 Å². The van der Waals surface area contributed by atoms with Crippen molar-refractivity contribution in [2.75, 3.05) is 0 Å². The first-order valence-corrected chi connectivity index (χ1v) is 9.09. The van der Waals surface area contributed by atoms with Crippen molar-refractivity contribution >= 4 is 10.9 Å². The van der Waals surface area contributed by atoms with Crippen LogP contribution in [0.25, 0.3) is 27.8 Å². The summed E-state index contributed by atoms with van der Waals surface area (Å²) in [5, 5.41) is 12.2. The van der Waals surface area contributed by atoms with Gasteiger partial charge in [-0.15, -0.1) is 0 Å². The van der Waals surface area contributed by atoms with E-state index in [0.717, 1.165) is 40.0 Å². The highest BCUT2D eigenvalue weighted by molar-refractivity contribution is 5.99. The SMILES string of the molecule is CCCC(O)c1c(-c2ccccc2)c2ccccc2n1-c1ccccn1. The molecule has 2 aromatic heterocycles. The Morgan fingerprint density at radius 3 is 2.38 bits per heavy atom. The maximum atomic E-state index is 11.1. The summed E-state index contributed by atoms with van der Waals surface area (Å²) in [6.45, 7) is 2.10. The van der Waals surface area contributed by atoms with E-state index in [-0.39, 0.29) is 0 Å². The van der Waals surface area contributed by atoms with E-state index in [2.05, 4.69) is 40.7 Å². The number of fused-ring (bicyclic) bond motifs is 1. The number of aromatic nitrogens is 2. The van der Waals surface area contributed by atoms with Crippen LogP contribution in [0, 0.1) is 0 Å². The quantitative estimate of drug-likeness (QED) is 0.518. The van der Waals surface area contributed by atoms with Crippen LogP contribution in [0.5, 0.6) is 0 Å². The molecule has 26 heavy (non-hydrogen) atoms. The molecule has 0 amide bonds. The third-order valence-electron chi connectivity index (χ3n) is 4.73. The molecule has 4 rings (SSSR count). The minimum absolute atomic E-state index is 0.551. The average Bonchev–Trinajstić information content (AvgIpc) is 3.05. The Labute approximate surface area is 153 Å². The van der Waals surface area contributed by atoms with Gasteiger partial charge in [0, 0.05) is 17.1 Å². The van der Waals surface area contributed by atoms with E-state index >= 15 is 0 Å². The fourth-order valence-electron chi connectivity index (χ4n) is 3.63. The van der Waals surface area contributed by atoms with Gasteiger partial charge >= 0.3 is 0 Å². The second-order valence-electron chi connectivity index (χ2n) is 6.47. The second kappa shape index (κ2) is 7.14. The highest BCUT2D eigenvalue weighted by Crippen LogP contribution is 2.40. The molecule has 1 unspecified atom stereocenters. The van der Waals surface area contributed by atoms with E-state index in [9.17, 15) is 5.11 Å². The molecule has 0 saturated carbocycles. The Bertz CT molecular complexity index is 930. The number of aliphatic hydroxyl groups excluding tert-OH is 1. The van der Waals surface area contributed by atoms with Gasteiger partial charge in [0.15, 0.2) is 0 Å². The number of hydrogen-bond donors (Lipinski definition) is 1. The van der Waals surface area contributed by atoms with E-state index in [4.69, 9.17) is 0 Å². The molecule has 0 fully saturated rings. The summed E-state index contributed by atoms with van der Waals surface area (Å²) >= 11 is 0. The smallest absolute Gasteiger partial charge is 0.137 e. The number of pyridine rings is 1. The summed E-state index contributed by atoms with van der Waals surface area (Å²) in [6, 6.07) is 24.5. The van der Waals surface area contributed by atoms with Crippen LogP contribution in [-0.4, -0.2) is 14.7 Å². The third-order valence-corrected chi connectivity index (χ3v) is 4.73. The van der Waals surface area contributed by atoms with Crippen molar-refractivity contribution in [1.29, 1.82) is 0 Å². The zero-order valence-corrected chi connectivity index (χ0v) is 14.8. The van der Waals surface area contributed by atoms with Crippen molar-refractivity contribution < 1.29 is 5.11 Å². The van der Waals surface area contributed by atoms with Crippen molar-refractivity contribution in [1.82, 2.24) is 9.55 Å². The van der Waals surface area contributed by atoms with Crippen LogP contribution < -0.4 is 0 Å². The minimum atomic E-state index is -0.551. The number of aliphatic hydroxyl groups is 1. The molecule has 0 aliphatic rings. The van der Waals surface area contributed by atoms with Crippen LogP contribution in [0.4, 0.5) is 0 Å². The summed E-state index contributed by atoms with van der Waals surface area (Å²) in [6.07, 6.45) is 2.87.